The Morgan fingerprint density at radius 3 is 0.894 bits per heavy atom. The summed E-state index contributed by atoms with van der Waals surface area (Å²) in [7, 11) is 0. The summed E-state index contributed by atoms with van der Waals surface area (Å²) >= 11 is 0. The lowest BCUT2D eigenvalue weighted by molar-refractivity contribution is -0.167. The largest absolute Gasteiger partial charge is 0.462 e. The van der Waals surface area contributed by atoms with Crippen molar-refractivity contribution in [3.63, 3.8) is 0 Å². The molecule has 384 valence electrons. The summed E-state index contributed by atoms with van der Waals surface area (Å²) < 4.78 is 16.9. The first-order valence-corrected chi connectivity index (χ1v) is 28.6. The maximum Gasteiger partial charge on any atom is 0.306 e. The van der Waals surface area contributed by atoms with Gasteiger partial charge >= 0.3 is 17.9 Å². The standard InChI is InChI=1S/C60H108O6/c1-4-7-10-13-16-19-22-25-27-29-31-32-35-38-41-44-47-50-53-59(62)65-56-57(55-64-58(61)52-49-46-43-40-37-34-24-21-18-15-12-9-6-3)66-60(63)54-51-48-45-42-39-36-33-30-28-26-23-20-17-14-11-8-5-2/h17,20-21,24,26-29,57H,4-16,18-19,22-23,25,30-56H2,1-3H3/b20-17-,24-21-,28-26-,29-27-. The maximum absolute atomic E-state index is 12.8. The fourth-order valence-corrected chi connectivity index (χ4v) is 8.17. The second kappa shape index (κ2) is 55.0. The molecule has 0 spiro atoms. The van der Waals surface area contributed by atoms with Crippen LogP contribution in [0.25, 0.3) is 0 Å². The summed E-state index contributed by atoms with van der Waals surface area (Å²) in [6.07, 6.45) is 66.6. The minimum atomic E-state index is -0.781. The van der Waals surface area contributed by atoms with Gasteiger partial charge in [0.05, 0.1) is 0 Å². The van der Waals surface area contributed by atoms with Gasteiger partial charge in [0.15, 0.2) is 6.10 Å². The number of esters is 3. The van der Waals surface area contributed by atoms with Crippen LogP contribution in [-0.2, 0) is 28.6 Å². The fraction of sp³-hybridized carbons (Fsp3) is 0.817. The molecule has 0 bridgehead atoms. The molecule has 0 aromatic carbocycles. The second-order valence-corrected chi connectivity index (χ2v) is 19.2. The van der Waals surface area contributed by atoms with Crippen molar-refractivity contribution in [3.05, 3.63) is 48.6 Å². The van der Waals surface area contributed by atoms with Gasteiger partial charge in [0.2, 0.25) is 0 Å². The van der Waals surface area contributed by atoms with E-state index in [-0.39, 0.29) is 31.1 Å². The highest BCUT2D eigenvalue weighted by Gasteiger charge is 2.19. The molecule has 1 atom stereocenters. The smallest absolute Gasteiger partial charge is 0.306 e. The molecule has 0 aromatic rings. The van der Waals surface area contributed by atoms with Gasteiger partial charge in [0.1, 0.15) is 13.2 Å². The van der Waals surface area contributed by atoms with E-state index >= 15 is 0 Å². The van der Waals surface area contributed by atoms with E-state index in [1.54, 1.807) is 0 Å². The van der Waals surface area contributed by atoms with Crippen molar-refractivity contribution < 1.29 is 28.6 Å². The van der Waals surface area contributed by atoms with E-state index < -0.39 is 6.10 Å². The minimum Gasteiger partial charge on any atom is -0.462 e. The quantitative estimate of drug-likeness (QED) is 0.0262. The van der Waals surface area contributed by atoms with Crippen LogP contribution in [0.2, 0.25) is 0 Å². The van der Waals surface area contributed by atoms with Gasteiger partial charge in [-0.15, -0.1) is 0 Å². The van der Waals surface area contributed by atoms with E-state index in [1.807, 2.05) is 0 Å². The number of ether oxygens (including phenoxy) is 3. The molecule has 0 rings (SSSR count). The van der Waals surface area contributed by atoms with Crippen LogP contribution in [0.4, 0.5) is 0 Å². The number of carbonyl (C=O) groups is 3. The lowest BCUT2D eigenvalue weighted by Gasteiger charge is -2.18. The monoisotopic (exact) mass is 925 g/mol. The van der Waals surface area contributed by atoms with Crippen molar-refractivity contribution >= 4 is 17.9 Å². The first-order chi connectivity index (χ1) is 32.5. The molecule has 0 amide bonds. The Labute approximate surface area is 409 Å². The van der Waals surface area contributed by atoms with Crippen molar-refractivity contribution in [2.75, 3.05) is 13.2 Å². The highest BCUT2D eigenvalue weighted by Crippen LogP contribution is 2.15. The van der Waals surface area contributed by atoms with Crippen LogP contribution in [-0.4, -0.2) is 37.2 Å². The topological polar surface area (TPSA) is 78.9 Å². The minimum absolute atomic E-state index is 0.0799. The van der Waals surface area contributed by atoms with Gasteiger partial charge in [-0.25, -0.2) is 0 Å². The Balaban J connectivity index is 4.37. The Kier molecular flexibility index (Phi) is 52.8. The summed E-state index contributed by atoms with van der Waals surface area (Å²) in [5.74, 6) is -0.889. The molecule has 0 aliphatic heterocycles. The molecule has 0 radical (unpaired) electrons. The van der Waals surface area contributed by atoms with E-state index in [2.05, 4.69) is 69.4 Å². The Bertz CT molecular complexity index is 1150. The number of hydrogen-bond donors (Lipinski definition) is 0. The average Bonchev–Trinajstić information content (AvgIpc) is 3.31. The maximum atomic E-state index is 12.8. The molecular formula is C60H108O6. The van der Waals surface area contributed by atoms with Gasteiger partial charge < -0.3 is 14.2 Å². The third-order valence-electron chi connectivity index (χ3n) is 12.5. The number of carbonyl (C=O) groups excluding carboxylic acids is 3. The van der Waals surface area contributed by atoms with Crippen molar-refractivity contribution in [3.8, 4) is 0 Å². The van der Waals surface area contributed by atoms with Gasteiger partial charge in [0, 0.05) is 19.3 Å². The molecule has 6 nitrogen and oxygen atoms in total. The lowest BCUT2D eigenvalue weighted by Crippen LogP contribution is -2.30. The summed E-state index contributed by atoms with van der Waals surface area (Å²) in [4.78, 5) is 38.1. The molecule has 0 fully saturated rings. The number of hydrogen-bond acceptors (Lipinski definition) is 6. The summed E-state index contributed by atoms with van der Waals surface area (Å²) in [6.45, 7) is 6.61. The lowest BCUT2D eigenvalue weighted by atomic mass is 10.1. The highest BCUT2D eigenvalue weighted by atomic mass is 16.6. The molecule has 66 heavy (non-hydrogen) atoms. The number of allylic oxidation sites excluding steroid dienone is 8. The molecule has 1 unspecified atom stereocenters. The summed E-state index contributed by atoms with van der Waals surface area (Å²) in [5.41, 5.74) is 0. The van der Waals surface area contributed by atoms with Gasteiger partial charge in [-0.1, -0.05) is 223 Å². The van der Waals surface area contributed by atoms with E-state index in [9.17, 15) is 14.4 Å². The fourth-order valence-electron chi connectivity index (χ4n) is 8.17. The zero-order chi connectivity index (χ0) is 47.9. The van der Waals surface area contributed by atoms with E-state index in [0.717, 1.165) is 77.0 Å². The van der Waals surface area contributed by atoms with Gasteiger partial charge in [-0.3, -0.25) is 14.4 Å². The first kappa shape index (κ1) is 63.4. The number of unbranched alkanes of at least 4 members (excludes halogenated alkanes) is 33. The second-order valence-electron chi connectivity index (χ2n) is 19.2. The molecule has 6 heteroatoms. The van der Waals surface area contributed by atoms with E-state index in [0.29, 0.717) is 19.3 Å². The normalized spacial score (nSPS) is 12.3. The first-order valence-electron chi connectivity index (χ1n) is 28.6. The van der Waals surface area contributed by atoms with Crippen LogP contribution in [0, 0.1) is 0 Å². The third kappa shape index (κ3) is 52.3. The van der Waals surface area contributed by atoms with Crippen molar-refractivity contribution in [2.24, 2.45) is 0 Å². The van der Waals surface area contributed by atoms with Crippen molar-refractivity contribution in [2.45, 2.75) is 303 Å². The molecule has 0 saturated heterocycles. The SMILES string of the molecule is CCCCC/C=C\C/C=C\CCCCCCCCCC(=O)OC(COC(=O)CCCCCCC/C=C\CCCCCC)COC(=O)CCCCCCCCC/C=C\CCCCCCCCC. The van der Waals surface area contributed by atoms with E-state index in [1.165, 1.54) is 180 Å². The molecule has 0 aromatic heterocycles. The van der Waals surface area contributed by atoms with Crippen LogP contribution in [0.15, 0.2) is 48.6 Å². The van der Waals surface area contributed by atoms with Crippen molar-refractivity contribution in [1.82, 2.24) is 0 Å². The Hall–Kier alpha value is -2.63. The molecular weight excluding hydrogens is 817 g/mol. The third-order valence-corrected chi connectivity index (χ3v) is 12.5. The zero-order valence-corrected chi connectivity index (χ0v) is 44.0. The molecule has 0 heterocycles. The summed E-state index contributed by atoms with van der Waals surface area (Å²) in [5, 5.41) is 0. The molecule has 0 aliphatic carbocycles. The predicted octanol–water partition coefficient (Wildman–Crippen LogP) is 19.0. The van der Waals surface area contributed by atoms with Gasteiger partial charge in [0.25, 0.3) is 0 Å². The zero-order valence-electron chi connectivity index (χ0n) is 44.0. The Morgan fingerprint density at radius 2 is 0.545 bits per heavy atom. The molecule has 0 saturated carbocycles. The van der Waals surface area contributed by atoms with Crippen LogP contribution < -0.4 is 0 Å². The van der Waals surface area contributed by atoms with Crippen LogP contribution in [0.3, 0.4) is 0 Å². The van der Waals surface area contributed by atoms with Crippen LogP contribution in [0.5, 0.6) is 0 Å². The predicted molar refractivity (Wildman–Crippen MR) is 284 cm³/mol. The van der Waals surface area contributed by atoms with E-state index in [4.69, 9.17) is 14.2 Å². The molecule has 0 aliphatic rings. The van der Waals surface area contributed by atoms with Gasteiger partial charge in [-0.2, -0.15) is 0 Å². The Morgan fingerprint density at radius 1 is 0.303 bits per heavy atom. The molecule has 0 N–H and O–H groups in total. The average molecular weight is 926 g/mol. The van der Waals surface area contributed by atoms with Crippen molar-refractivity contribution in [1.29, 1.82) is 0 Å². The highest BCUT2D eigenvalue weighted by molar-refractivity contribution is 5.71. The van der Waals surface area contributed by atoms with Gasteiger partial charge in [-0.05, 0) is 103 Å². The van der Waals surface area contributed by atoms with Crippen LogP contribution >= 0.6 is 0 Å². The van der Waals surface area contributed by atoms with Crippen LogP contribution in [0.1, 0.15) is 297 Å². The number of rotatable bonds is 52. The summed E-state index contributed by atoms with van der Waals surface area (Å²) in [6, 6.07) is 0.